The molecule has 1 rings (SSSR count). The van der Waals surface area contributed by atoms with Crippen LogP contribution in [0, 0.1) is 11.8 Å². The second-order valence-corrected chi connectivity index (χ2v) is 4.86. The van der Waals surface area contributed by atoms with Gasteiger partial charge in [-0.2, -0.15) is 0 Å². The minimum Gasteiger partial charge on any atom is -0.481 e. The van der Waals surface area contributed by atoms with Gasteiger partial charge in [-0.05, 0) is 19.3 Å². The van der Waals surface area contributed by atoms with Gasteiger partial charge in [-0.1, -0.05) is 26.7 Å². The first-order valence-corrected chi connectivity index (χ1v) is 6.61. The first-order valence-electron chi connectivity index (χ1n) is 6.61. The second kappa shape index (κ2) is 6.62. The van der Waals surface area contributed by atoms with E-state index in [4.69, 9.17) is 5.11 Å². The van der Waals surface area contributed by atoms with E-state index in [9.17, 15) is 9.59 Å². The van der Waals surface area contributed by atoms with Crippen LogP contribution in [-0.2, 0) is 9.59 Å². The number of hydrogen-bond acceptors (Lipinski definition) is 2. The monoisotopic (exact) mass is 241 g/mol. The molecule has 1 N–H and O–H groups in total. The molecule has 1 aliphatic heterocycles. The van der Waals surface area contributed by atoms with E-state index < -0.39 is 5.97 Å². The van der Waals surface area contributed by atoms with Crippen LogP contribution in [0.25, 0.3) is 0 Å². The molecule has 2 atom stereocenters. The Balaban J connectivity index is 2.49. The van der Waals surface area contributed by atoms with Gasteiger partial charge in [0.1, 0.15) is 0 Å². The molecule has 0 aliphatic carbocycles. The van der Waals surface area contributed by atoms with E-state index in [0.717, 1.165) is 25.7 Å². The molecule has 0 saturated carbocycles. The van der Waals surface area contributed by atoms with Gasteiger partial charge in [0.05, 0.1) is 5.92 Å². The van der Waals surface area contributed by atoms with Crippen molar-refractivity contribution >= 4 is 11.9 Å². The van der Waals surface area contributed by atoms with Crippen LogP contribution in [0.3, 0.4) is 0 Å². The van der Waals surface area contributed by atoms with E-state index in [-0.39, 0.29) is 17.7 Å². The lowest BCUT2D eigenvalue weighted by Gasteiger charge is -2.22. The third-order valence-electron chi connectivity index (χ3n) is 3.60. The van der Waals surface area contributed by atoms with E-state index in [2.05, 4.69) is 6.92 Å². The molecule has 1 aliphatic rings. The van der Waals surface area contributed by atoms with Crippen molar-refractivity contribution in [1.29, 1.82) is 0 Å². The Hall–Kier alpha value is -1.06. The number of carbonyl (C=O) groups excluding carboxylic acids is 1. The topological polar surface area (TPSA) is 57.6 Å². The molecule has 0 radical (unpaired) electrons. The molecule has 0 aromatic rings. The molecule has 0 aromatic carbocycles. The minimum absolute atomic E-state index is 0.0856. The van der Waals surface area contributed by atoms with Crippen LogP contribution in [0.1, 0.15) is 46.0 Å². The van der Waals surface area contributed by atoms with Gasteiger partial charge in [0.25, 0.3) is 0 Å². The largest absolute Gasteiger partial charge is 0.481 e. The van der Waals surface area contributed by atoms with Crippen LogP contribution in [0.4, 0.5) is 0 Å². The van der Waals surface area contributed by atoms with Gasteiger partial charge in [0.15, 0.2) is 0 Å². The number of likely N-dealkylation sites (tertiary alicyclic amines) is 1. The fourth-order valence-corrected chi connectivity index (χ4v) is 2.37. The summed E-state index contributed by atoms with van der Waals surface area (Å²) in [4.78, 5) is 24.8. The fourth-order valence-electron chi connectivity index (χ4n) is 2.37. The van der Waals surface area contributed by atoms with Gasteiger partial charge >= 0.3 is 5.97 Å². The van der Waals surface area contributed by atoms with Gasteiger partial charge in [0, 0.05) is 19.0 Å². The summed E-state index contributed by atoms with van der Waals surface area (Å²) >= 11 is 0. The lowest BCUT2D eigenvalue weighted by molar-refractivity contribution is -0.141. The molecule has 1 saturated heterocycles. The highest BCUT2D eigenvalue weighted by Gasteiger charge is 2.33. The van der Waals surface area contributed by atoms with E-state index in [1.54, 1.807) is 4.90 Å². The highest BCUT2D eigenvalue weighted by Crippen LogP contribution is 2.22. The van der Waals surface area contributed by atoms with Crippen molar-refractivity contribution in [2.75, 3.05) is 13.1 Å². The molecule has 17 heavy (non-hydrogen) atoms. The number of rotatable bonds is 6. The molecule has 1 fully saturated rings. The molecular formula is C13H23NO3. The second-order valence-electron chi connectivity index (χ2n) is 4.86. The van der Waals surface area contributed by atoms with E-state index in [1.165, 1.54) is 0 Å². The average Bonchev–Trinajstić information content (AvgIpc) is 2.79. The Bertz CT molecular complexity index is 278. The van der Waals surface area contributed by atoms with Crippen LogP contribution in [0.2, 0.25) is 0 Å². The van der Waals surface area contributed by atoms with Crippen molar-refractivity contribution in [2.45, 2.75) is 46.0 Å². The van der Waals surface area contributed by atoms with Crippen LogP contribution in [0.15, 0.2) is 0 Å². The van der Waals surface area contributed by atoms with Crippen LogP contribution >= 0.6 is 0 Å². The summed E-state index contributed by atoms with van der Waals surface area (Å²) in [7, 11) is 0. The molecule has 0 bridgehead atoms. The zero-order valence-electron chi connectivity index (χ0n) is 10.8. The number of amides is 1. The summed E-state index contributed by atoms with van der Waals surface area (Å²) in [6.45, 7) is 5.16. The normalized spacial score (nSPS) is 21.5. The van der Waals surface area contributed by atoms with Crippen molar-refractivity contribution in [3.8, 4) is 0 Å². The molecule has 0 aromatic heterocycles. The lowest BCUT2D eigenvalue weighted by atomic mass is 9.98. The molecular weight excluding hydrogens is 218 g/mol. The quantitative estimate of drug-likeness (QED) is 0.775. The summed E-state index contributed by atoms with van der Waals surface area (Å²) < 4.78 is 0. The summed E-state index contributed by atoms with van der Waals surface area (Å²) in [5.41, 5.74) is 0. The summed E-state index contributed by atoms with van der Waals surface area (Å²) in [6, 6.07) is 0. The van der Waals surface area contributed by atoms with Crippen molar-refractivity contribution < 1.29 is 14.7 Å². The maximum atomic E-state index is 12.2. The van der Waals surface area contributed by atoms with Gasteiger partial charge in [0.2, 0.25) is 5.91 Å². The average molecular weight is 241 g/mol. The number of carboxylic acids is 1. The van der Waals surface area contributed by atoms with E-state index in [0.29, 0.717) is 19.5 Å². The van der Waals surface area contributed by atoms with Crippen molar-refractivity contribution in [3.63, 3.8) is 0 Å². The van der Waals surface area contributed by atoms with Crippen molar-refractivity contribution in [1.82, 2.24) is 4.90 Å². The number of hydrogen-bond donors (Lipinski definition) is 1. The minimum atomic E-state index is -0.776. The molecule has 4 heteroatoms. The van der Waals surface area contributed by atoms with Gasteiger partial charge in [-0.15, -0.1) is 0 Å². The van der Waals surface area contributed by atoms with Gasteiger partial charge in [-0.3, -0.25) is 9.59 Å². The Morgan fingerprint density at radius 3 is 2.59 bits per heavy atom. The van der Waals surface area contributed by atoms with Crippen LogP contribution in [-0.4, -0.2) is 35.0 Å². The summed E-state index contributed by atoms with van der Waals surface area (Å²) in [5, 5.41) is 8.91. The SMILES string of the molecule is CCCC[C@@H](CC)C(=O)N1CC[C@H](C(=O)O)C1. The molecule has 1 heterocycles. The zero-order valence-corrected chi connectivity index (χ0v) is 10.8. The van der Waals surface area contributed by atoms with E-state index in [1.807, 2.05) is 6.92 Å². The first kappa shape index (κ1) is 14.0. The van der Waals surface area contributed by atoms with E-state index >= 15 is 0 Å². The maximum absolute atomic E-state index is 12.2. The standard InChI is InChI=1S/C13H23NO3/c1-3-5-6-10(4-2)12(15)14-8-7-11(9-14)13(16)17/h10-11H,3-9H2,1-2H3,(H,16,17)/t10-,11+/m1/s1. The zero-order chi connectivity index (χ0) is 12.8. The maximum Gasteiger partial charge on any atom is 0.308 e. The van der Waals surface area contributed by atoms with Gasteiger partial charge in [-0.25, -0.2) is 0 Å². The molecule has 0 unspecified atom stereocenters. The number of unbranched alkanes of at least 4 members (excludes halogenated alkanes) is 1. The number of aliphatic carboxylic acids is 1. The third kappa shape index (κ3) is 3.72. The lowest BCUT2D eigenvalue weighted by Crippen LogP contribution is -2.35. The predicted molar refractivity (Wildman–Crippen MR) is 65.6 cm³/mol. The molecule has 98 valence electrons. The molecule has 0 spiro atoms. The Kier molecular flexibility index (Phi) is 5.45. The highest BCUT2D eigenvalue weighted by molar-refractivity contribution is 5.80. The summed E-state index contributed by atoms with van der Waals surface area (Å²) in [6.07, 6.45) is 4.56. The van der Waals surface area contributed by atoms with Crippen LogP contribution < -0.4 is 0 Å². The number of nitrogens with zero attached hydrogens (tertiary/aromatic N) is 1. The smallest absolute Gasteiger partial charge is 0.308 e. The third-order valence-corrected chi connectivity index (χ3v) is 3.60. The first-order chi connectivity index (χ1) is 8.10. The summed E-state index contributed by atoms with van der Waals surface area (Å²) in [5.74, 6) is -0.892. The molecule has 4 nitrogen and oxygen atoms in total. The number of carbonyl (C=O) groups is 2. The molecule has 1 amide bonds. The van der Waals surface area contributed by atoms with Crippen molar-refractivity contribution in [3.05, 3.63) is 0 Å². The number of carboxylic acid groups (broad SMARTS) is 1. The fraction of sp³-hybridized carbons (Fsp3) is 0.846. The van der Waals surface area contributed by atoms with Crippen LogP contribution in [0.5, 0.6) is 0 Å². The Morgan fingerprint density at radius 2 is 2.12 bits per heavy atom. The Morgan fingerprint density at radius 1 is 1.41 bits per heavy atom. The highest BCUT2D eigenvalue weighted by atomic mass is 16.4. The predicted octanol–water partition coefficient (Wildman–Crippen LogP) is 2.14. The van der Waals surface area contributed by atoms with Gasteiger partial charge < -0.3 is 10.0 Å². The van der Waals surface area contributed by atoms with Crippen molar-refractivity contribution in [2.24, 2.45) is 11.8 Å². The Labute approximate surface area is 103 Å².